The van der Waals surface area contributed by atoms with Gasteiger partial charge in [-0.15, -0.1) is 0 Å². The zero-order valence-electron chi connectivity index (χ0n) is 17.0. The molecule has 3 rings (SSSR count). The molecular formula is C21H27N3O5S. The first kappa shape index (κ1) is 22.1. The summed E-state index contributed by atoms with van der Waals surface area (Å²) < 4.78 is 38.3. The zero-order chi connectivity index (χ0) is 21.4. The molecule has 30 heavy (non-hydrogen) atoms. The molecule has 0 saturated carbocycles. The SMILES string of the molecule is Cc1cccc(NS(=O)(=O)c2ccc(OCC(=O)NCCN3CCOCC3)cc2)c1. The maximum absolute atomic E-state index is 12.5. The van der Waals surface area contributed by atoms with Crippen LogP contribution in [-0.2, 0) is 19.6 Å². The van der Waals surface area contributed by atoms with Crippen molar-refractivity contribution in [2.45, 2.75) is 11.8 Å². The van der Waals surface area contributed by atoms with Gasteiger partial charge in [-0.25, -0.2) is 8.42 Å². The van der Waals surface area contributed by atoms with E-state index in [9.17, 15) is 13.2 Å². The summed E-state index contributed by atoms with van der Waals surface area (Å²) in [5.41, 5.74) is 1.46. The highest BCUT2D eigenvalue weighted by molar-refractivity contribution is 7.92. The Kier molecular flexibility index (Phi) is 7.67. The van der Waals surface area contributed by atoms with Crippen molar-refractivity contribution < 1.29 is 22.7 Å². The predicted octanol–water partition coefficient (Wildman–Crippen LogP) is 1.62. The van der Waals surface area contributed by atoms with E-state index in [1.54, 1.807) is 18.2 Å². The molecule has 0 atom stereocenters. The van der Waals surface area contributed by atoms with E-state index in [4.69, 9.17) is 9.47 Å². The summed E-state index contributed by atoms with van der Waals surface area (Å²) in [5, 5.41) is 2.82. The molecule has 162 valence electrons. The Morgan fingerprint density at radius 2 is 1.87 bits per heavy atom. The topological polar surface area (TPSA) is 97.0 Å². The number of hydrogen-bond donors (Lipinski definition) is 2. The van der Waals surface area contributed by atoms with Gasteiger partial charge >= 0.3 is 0 Å². The van der Waals surface area contributed by atoms with E-state index in [0.717, 1.165) is 38.4 Å². The largest absolute Gasteiger partial charge is 0.484 e. The Balaban J connectivity index is 1.45. The number of morpholine rings is 1. The van der Waals surface area contributed by atoms with Crippen LogP contribution in [0.15, 0.2) is 53.4 Å². The van der Waals surface area contributed by atoms with Gasteiger partial charge in [0, 0.05) is 31.9 Å². The number of benzene rings is 2. The van der Waals surface area contributed by atoms with Gasteiger partial charge in [0.1, 0.15) is 5.75 Å². The maximum atomic E-state index is 12.5. The van der Waals surface area contributed by atoms with E-state index in [1.165, 1.54) is 24.3 Å². The highest BCUT2D eigenvalue weighted by Gasteiger charge is 2.15. The molecule has 1 saturated heterocycles. The Bertz CT molecular complexity index is 941. The summed E-state index contributed by atoms with van der Waals surface area (Å²) in [6, 6.07) is 13.1. The van der Waals surface area contributed by atoms with E-state index in [0.29, 0.717) is 18.0 Å². The molecule has 0 radical (unpaired) electrons. The third-order valence-corrected chi connectivity index (χ3v) is 6.03. The highest BCUT2D eigenvalue weighted by atomic mass is 32.2. The standard InChI is InChI=1S/C21H27N3O5S/c1-17-3-2-4-18(15-17)23-30(26,27)20-7-5-19(6-8-20)29-16-21(25)22-9-10-24-11-13-28-14-12-24/h2-8,15,23H,9-14,16H2,1H3,(H,22,25). The summed E-state index contributed by atoms with van der Waals surface area (Å²) in [5.74, 6) is 0.203. The molecular weight excluding hydrogens is 406 g/mol. The third-order valence-electron chi connectivity index (χ3n) is 4.63. The summed E-state index contributed by atoms with van der Waals surface area (Å²) >= 11 is 0. The van der Waals surface area contributed by atoms with E-state index in [-0.39, 0.29) is 17.4 Å². The number of nitrogens with one attached hydrogen (secondary N) is 2. The highest BCUT2D eigenvalue weighted by Crippen LogP contribution is 2.20. The second-order valence-corrected chi connectivity index (χ2v) is 8.72. The molecule has 0 aliphatic carbocycles. The van der Waals surface area contributed by atoms with Crippen LogP contribution in [-0.4, -0.2) is 65.2 Å². The van der Waals surface area contributed by atoms with E-state index >= 15 is 0 Å². The Morgan fingerprint density at radius 3 is 2.57 bits per heavy atom. The minimum absolute atomic E-state index is 0.117. The van der Waals surface area contributed by atoms with Gasteiger partial charge in [0.05, 0.1) is 18.1 Å². The summed E-state index contributed by atoms with van der Waals surface area (Å²) in [4.78, 5) is 14.3. The normalized spacial score (nSPS) is 14.8. The molecule has 2 aromatic rings. The number of anilines is 1. The van der Waals surface area contributed by atoms with Gasteiger partial charge < -0.3 is 14.8 Å². The van der Waals surface area contributed by atoms with Crippen LogP contribution in [0.2, 0.25) is 0 Å². The molecule has 1 aliphatic heterocycles. The third kappa shape index (κ3) is 6.72. The van der Waals surface area contributed by atoms with E-state index in [1.807, 2.05) is 13.0 Å². The van der Waals surface area contributed by atoms with Gasteiger partial charge in [0.15, 0.2) is 6.61 Å². The maximum Gasteiger partial charge on any atom is 0.261 e. The molecule has 1 heterocycles. The van der Waals surface area contributed by atoms with E-state index in [2.05, 4.69) is 14.9 Å². The second-order valence-electron chi connectivity index (χ2n) is 7.04. The molecule has 2 N–H and O–H groups in total. The smallest absolute Gasteiger partial charge is 0.261 e. The lowest BCUT2D eigenvalue weighted by molar-refractivity contribution is -0.123. The van der Waals surface area contributed by atoms with Crippen molar-refractivity contribution in [2.75, 3.05) is 50.7 Å². The number of amides is 1. The van der Waals surface area contributed by atoms with Crippen molar-refractivity contribution in [1.82, 2.24) is 10.2 Å². The van der Waals surface area contributed by atoms with Gasteiger partial charge in [-0.05, 0) is 48.9 Å². The van der Waals surface area contributed by atoms with Crippen molar-refractivity contribution in [3.8, 4) is 5.75 Å². The molecule has 0 aromatic heterocycles. The van der Waals surface area contributed by atoms with Crippen LogP contribution < -0.4 is 14.8 Å². The van der Waals surface area contributed by atoms with Crippen LogP contribution in [0.4, 0.5) is 5.69 Å². The molecule has 1 aliphatic rings. The molecule has 9 heteroatoms. The van der Waals surface area contributed by atoms with Crippen LogP contribution in [0.1, 0.15) is 5.56 Å². The predicted molar refractivity (Wildman–Crippen MR) is 114 cm³/mol. The second kappa shape index (κ2) is 10.4. The number of sulfonamides is 1. The number of rotatable bonds is 9. The van der Waals surface area contributed by atoms with Gasteiger partial charge in [-0.3, -0.25) is 14.4 Å². The number of carbonyl (C=O) groups is 1. The Morgan fingerprint density at radius 1 is 1.13 bits per heavy atom. The molecule has 1 amide bonds. The van der Waals surface area contributed by atoms with Crippen molar-refractivity contribution in [3.05, 3.63) is 54.1 Å². The van der Waals surface area contributed by atoms with Gasteiger partial charge in [-0.2, -0.15) is 0 Å². The van der Waals surface area contributed by atoms with Crippen LogP contribution >= 0.6 is 0 Å². The molecule has 8 nitrogen and oxygen atoms in total. The van der Waals surface area contributed by atoms with Crippen molar-refractivity contribution in [3.63, 3.8) is 0 Å². The average Bonchev–Trinajstić information content (AvgIpc) is 2.73. The van der Waals surface area contributed by atoms with Crippen LogP contribution in [0.3, 0.4) is 0 Å². The summed E-state index contributed by atoms with van der Waals surface area (Å²) in [6.45, 7) is 6.28. The Labute approximate surface area is 177 Å². The van der Waals surface area contributed by atoms with Gasteiger partial charge in [0.25, 0.3) is 15.9 Å². The van der Waals surface area contributed by atoms with Crippen molar-refractivity contribution >= 4 is 21.6 Å². The minimum Gasteiger partial charge on any atom is -0.484 e. The fourth-order valence-electron chi connectivity index (χ4n) is 3.02. The fourth-order valence-corrected chi connectivity index (χ4v) is 4.07. The molecule has 2 aromatic carbocycles. The molecule has 0 unspecified atom stereocenters. The first-order valence-electron chi connectivity index (χ1n) is 9.81. The molecule has 0 bridgehead atoms. The van der Waals surface area contributed by atoms with Crippen LogP contribution in [0, 0.1) is 6.92 Å². The van der Waals surface area contributed by atoms with Crippen LogP contribution in [0.5, 0.6) is 5.75 Å². The first-order valence-corrected chi connectivity index (χ1v) is 11.3. The number of ether oxygens (including phenoxy) is 2. The lowest BCUT2D eigenvalue weighted by Crippen LogP contribution is -2.42. The summed E-state index contributed by atoms with van der Waals surface area (Å²) in [7, 11) is -3.70. The monoisotopic (exact) mass is 433 g/mol. The quantitative estimate of drug-likeness (QED) is 0.624. The number of aryl methyl sites for hydroxylation is 1. The van der Waals surface area contributed by atoms with Crippen molar-refractivity contribution in [1.29, 1.82) is 0 Å². The molecule has 1 fully saturated rings. The first-order chi connectivity index (χ1) is 14.4. The number of nitrogens with zero attached hydrogens (tertiary/aromatic N) is 1. The van der Waals surface area contributed by atoms with Crippen LogP contribution in [0.25, 0.3) is 0 Å². The minimum atomic E-state index is -3.70. The average molecular weight is 434 g/mol. The lowest BCUT2D eigenvalue weighted by Gasteiger charge is -2.26. The van der Waals surface area contributed by atoms with E-state index < -0.39 is 10.0 Å². The zero-order valence-corrected chi connectivity index (χ0v) is 17.8. The Hall–Kier alpha value is -2.62. The molecule has 0 spiro atoms. The number of hydrogen-bond acceptors (Lipinski definition) is 6. The van der Waals surface area contributed by atoms with Gasteiger partial charge in [-0.1, -0.05) is 12.1 Å². The van der Waals surface area contributed by atoms with Gasteiger partial charge in [0.2, 0.25) is 0 Å². The van der Waals surface area contributed by atoms with Crippen molar-refractivity contribution in [2.24, 2.45) is 0 Å². The fraction of sp³-hybridized carbons (Fsp3) is 0.381. The number of carbonyl (C=O) groups excluding carboxylic acids is 1. The summed E-state index contributed by atoms with van der Waals surface area (Å²) in [6.07, 6.45) is 0. The lowest BCUT2D eigenvalue weighted by atomic mass is 10.2.